The van der Waals surface area contributed by atoms with Crippen LogP contribution < -0.4 is 10.0 Å². The maximum Gasteiger partial charge on any atom is 0.209 e. The van der Waals surface area contributed by atoms with Crippen molar-refractivity contribution in [1.82, 2.24) is 10.0 Å². The van der Waals surface area contributed by atoms with Crippen molar-refractivity contribution in [2.45, 2.75) is 43.1 Å². The van der Waals surface area contributed by atoms with E-state index in [0.29, 0.717) is 5.56 Å². The van der Waals surface area contributed by atoms with Crippen LogP contribution in [-0.4, -0.2) is 38.5 Å². The van der Waals surface area contributed by atoms with Crippen LogP contribution in [0.15, 0.2) is 42.5 Å². The molecule has 2 N–H and O–H groups in total. The van der Waals surface area contributed by atoms with Gasteiger partial charge in [0, 0.05) is 17.6 Å². The number of piperidine rings is 2. The van der Waals surface area contributed by atoms with Gasteiger partial charge in [0.25, 0.3) is 0 Å². The van der Waals surface area contributed by atoms with Gasteiger partial charge in [-0.2, -0.15) is 0 Å². The Morgan fingerprint density at radius 1 is 1.17 bits per heavy atom. The summed E-state index contributed by atoms with van der Waals surface area (Å²) in [4.78, 5) is 0. The first-order valence-electron chi connectivity index (χ1n) is 9.10. The van der Waals surface area contributed by atoms with E-state index in [-0.39, 0.29) is 48.8 Å². The van der Waals surface area contributed by atoms with Crippen LogP contribution in [-0.2, 0) is 16.4 Å². The van der Waals surface area contributed by atoms with Gasteiger partial charge in [0.1, 0.15) is 17.3 Å². The highest BCUT2D eigenvalue weighted by atomic mass is 35.5. The summed E-state index contributed by atoms with van der Waals surface area (Å²) in [6.07, 6.45) is 1.35. The standard InChI is InChI=1S/C20H21F3N2O2S.ClH/c1-28(26,27)25-19-17(24-15-10-20(19,23)11-15)8-13-7-14(21)9-16(18(13)22)12-5-3-2-4-6-12;/h2-7,9,15,17,19,24-25H,8,10-11H2,1H3;1H/t15?,17-,19+,20?;/m0./s1. The molecule has 3 fully saturated rings. The zero-order valence-corrected chi connectivity index (χ0v) is 17.3. The quantitative estimate of drug-likeness (QED) is 0.740. The van der Waals surface area contributed by atoms with Gasteiger partial charge in [-0.1, -0.05) is 30.3 Å². The molecule has 1 saturated carbocycles. The highest BCUT2D eigenvalue weighted by Gasteiger charge is 2.58. The topological polar surface area (TPSA) is 58.2 Å². The Morgan fingerprint density at radius 2 is 1.83 bits per heavy atom. The van der Waals surface area contributed by atoms with E-state index < -0.39 is 39.4 Å². The van der Waals surface area contributed by atoms with Crippen molar-refractivity contribution in [2.24, 2.45) is 0 Å². The second-order valence-electron chi connectivity index (χ2n) is 7.78. The number of nitrogens with one attached hydrogen (secondary N) is 2. The Hall–Kier alpha value is -1.61. The molecule has 158 valence electrons. The lowest BCUT2D eigenvalue weighted by atomic mass is 9.65. The minimum absolute atomic E-state index is 0. The predicted molar refractivity (Wildman–Crippen MR) is 108 cm³/mol. The van der Waals surface area contributed by atoms with Crippen LogP contribution in [0.5, 0.6) is 0 Å². The predicted octanol–water partition coefficient (Wildman–Crippen LogP) is 3.36. The van der Waals surface area contributed by atoms with Crippen molar-refractivity contribution in [2.75, 3.05) is 6.26 Å². The van der Waals surface area contributed by atoms with E-state index in [1.165, 1.54) is 0 Å². The number of halogens is 4. The summed E-state index contributed by atoms with van der Waals surface area (Å²) < 4.78 is 70.2. The van der Waals surface area contributed by atoms with Crippen LogP contribution >= 0.6 is 12.4 Å². The van der Waals surface area contributed by atoms with Gasteiger partial charge in [0.15, 0.2) is 0 Å². The zero-order chi connectivity index (χ0) is 20.1. The molecule has 0 spiro atoms. The van der Waals surface area contributed by atoms with Crippen molar-refractivity contribution >= 4 is 22.4 Å². The van der Waals surface area contributed by atoms with E-state index in [9.17, 15) is 12.8 Å². The summed E-state index contributed by atoms with van der Waals surface area (Å²) in [6, 6.07) is 9.03. The average molecular weight is 447 g/mol. The SMILES string of the molecule is CS(=O)(=O)N[C@@H]1[C@H](Cc2cc(F)cc(-c3ccccc3)c2F)NC2CC1(F)C2.Cl. The largest absolute Gasteiger partial charge is 0.309 e. The molecule has 0 radical (unpaired) electrons. The highest BCUT2D eigenvalue weighted by Crippen LogP contribution is 2.45. The first-order valence-corrected chi connectivity index (χ1v) is 11.0. The van der Waals surface area contributed by atoms with Crippen LogP contribution in [0.3, 0.4) is 0 Å². The Bertz CT molecular complexity index is 998. The second-order valence-corrected chi connectivity index (χ2v) is 9.56. The third-order valence-corrected chi connectivity index (χ3v) is 6.24. The second kappa shape index (κ2) is 7.91. The number of benzene rings is 2. The summed E-state index contributed by atoms with van der Waals surface area (Å²) in [7, 11) is -3.66. The van der Waals surface area contributed by atoms with Crippen molar-refractivity contribution in [3.63, 3.8) is 0 Å². The Balaban J connectivity index is 0.00000240. The van der Waals surface area contributed by atoms with Crippen LogP contribution in [0.2, 0.25) is 0 Å². The lowest BCUT2D eigenvalue weighted by molar-refractivity contribution is -0.0567. The molecule has 0 amide bonds. The fourth-order valence-corrected chi connectivity index (χ4v) is 5.18. The van der Waals surface area contributed by atoms with E-state index in [0.717, 1.165) is 18.4 Å². The van der Waals surface area contributed by atoms with Gasteiger partial charge in [-0.3, -0.25) is 0 Å². The Morgan fingerprint density at radius 3 is 2.45 bits per heavy atom. The van der Waals surface area contributed by atoms with Gasteiger partial charge >= 0.3 is 0 Å². The van der Waals surface area contributed by atoms with Crippen LogP contribution in [0.25, 0.3) is 11.1 Å². The van der Waals surface area contributed by atoms with Crippen molar-refractivity contribution in [3.05, 3.63) is 59.7 Å². The molecule has 3 aliphatic rings. The number of rotatable bonds is 5. The van der Waals surface area contributed by atoms with E-state index in [1.807, 2.05) is 0 Å². The average Bonchev–Trinajstić information content (AvgIpc) is 2.59. The Labute approximate surface area is 174 Å². The van der Waals surface area contributed by atoms with Crippen LogP contribution in [0.1, 0.15) is 18.4 Å². The lowest BCUT2D eigenvalue weighted by Gasteiger charge is -2.55. The first kappa shape index (κ1) is 22.1. The zero-order valence-electron chi connectivity index (χ0n) is 15.7. The van der Waals surface area contributed by atoms with Crippen LogP contribution in [0.4, 0.5) is 13.2 Å². The van der Waals surface area contributed by atoms with E-state index >= 15 is 8.78 Å². The molecule has 5 rings (SSSR count). The molecule has 9 heteroatoms. The van der Waals surface area contributed by atoms with Crippen molar-refractivity contribution < 1.29 is 21.6 Å². The highest BCUT2D eigenvalue weighted by molar-refractivity contribution is 7.88. The number of fused-ring (bicyclic) bond motifs is 2. The molecule has 0 unspecified atom stereocenters. The molecule has 2 heterocycles. The minimum Gasteiger partial charge on any atom is -0.309 e. The van der Waals surface area contributed by atoms with Gasteiger partial charge in [-0.15, -0.1) is 12.4 Å². The fraction of sp³-hybridized carbons (Fsp3) is 0.400. The molecule has 4 nitrogen and oxygen atoms in total. The first-order chi connectivity index (χ1) is 13.1. The van der Waals surface area contributed by atoms with Gasteiger partial charge in [-0.05, 0) is 42.5 Å². The normalized spacial score (nSPS) is 28.3. The molecule has 2 bridgehead atoms. The van der Waals surface area contributed by atoms with Gasteiger partial charge in [0.05, 0.1) is 12.3 Å². The summed E-state index contributed by atoms with van der Waals surface area (Å²) >= 11 is 0. The van der Waals surface area contributed by atoms with E-state index in [4.69, 9.17) is 0 Å². The molecular weight excluding hydrogens is 425 g/mol. The molecular formula is C20H22ClF3N2O2S. The third kappa shape index (κ3) is 4.45. The molecule has 2 aliphatic heterocycles. The number of alkyl halides is 1. The number of hydrogen-bond acceptors (Lipinski definition) is 3. The molecule has 29 heavy (non-hydrogen) atoms. The summed E-state index contributed by atoms with van der Waals surface area (Å²) in [5.41, 5.74) is -0.927. The van der Waals surface area contributed by atoms with E-state index in [1.54, 1.807) is 30.3 Å². The minimum atomic E-state index is -3.66. The van der Waals surface area contributed by atoms with Crippen LogP contribution in [0, 0.1) is 11.6 Å². The smallest absolute Gasteiger partial charge is 0.209 e. The molecule has 2 aromatic carbocycles. The monoisotopic (exact) mass is 446 g/mol. The summed E-state index contributed by atoms with van der Waals surface area (Å²) in [5, 5.41) is 3.18. The summed E-state index contributed by atoms with van der Waals surface area (Å²) in [5.74, 6) is -1.18. The van der Waals surface area contributed by atoms with Crippen molar-refractivity contribution in [1.29, 1.82) is 0 Å². The third-order valence-electron chi connectivity index (χ3n) is 5.56. The van der Waals surface area contributed by atoms with Gasteiger partial charge < -0.3 is 5.32 Å². The maximum absolute atomic E-state index is 15.1. The maximum atomic E-state index is 15.1. The molecule has 2 aromatic rings. The fourth-order valence-electron chi connectivity index (χ4n) is 4.34. The molecule has 1 aliphatic carbocycles. The Kier molecular flexibility index (Phi) is 6.02. The van der Waals surface area contributed by atoms with Crippen molar-refractivity contribution in [3.8, 4) is 11.1 Å². The van der Waals surface area contributed by atoms with Gasteiger partial charge in [0.2, 0.25) is 10.0 Å². The number of hydrogen-bond donors (Lipinski definition) is 2. The molecule has 0 aromatic heterocycles. The molecule has 2 atom stereocenters. The van der Waals surface area contributed by atoms with Gasteiger partial charge in [-0.25, -0.2) is 26.3 Å². The van der Waals surface area contributed by atoms with E-state index in [2.05, 4.69) is 10.0 Å². The lowest BCUT2D eigenvalue weighted by Crippen LogP contribution is -2.75. The number of sulfonamides is 1. The molecule has 2 saturated heterocycles. The summed E-state index contributed by atoms with van der Waals surface area (Å²) in [6.45, 7) is 0.